The van der Waals surface area contributed by atoms with Gasteiger partial charge in [0.2, 0.25) is 0 Å². The molecule has 2 N–H and O–H groups in total. The standard InChI is InChI=1S/C18H13IN2O4S/c1-25-14-9-10(8-13(19)15(14)22)7-12-16(23)20-18(26)21(17(12)24)11-5-3-2-4-6-11/h2-9,22H,1H3,(H,20,23,26). The number of carbonyl (C=O) groups is 2. The van der Waals surface area contributed by atoms with Crippen LogP contribution in [0.3, 0.4) is 0 Å². The van der Waals surface area contributed by atoms with Gasteiger partial charge in [-0.25, -0.2) is 0 Å². The first-order valence-corrected chi connectivity index (χ1v) is 8.94. The number of para-hydroxylation sites is 1. The third-order valence-electron chi connectivity index (χ3n) is 3.70. The van der Waals surface area contributed by atoms with E-state index in [2.05, 4.69) is 5.32 Å². The van der Waals surface area contributed by atoms with E-state index in [0.29, 0.717) is 14.8 Å². The molecule has 26 heavy (non-hydrogen) atoms. The molecule has 1 fully saturated rings. The number of hydrogen-bond donors (Lipinski definition) is 2. The third kappa shape index (κ3) is 3.42. The number of thiocarbonyl (C=S) groups is 1. The molecule has 0 radical (unpaired) electrons. The molecule has 1 saturated heterocycles. The van der Waals surface area contributed by atoms with Gasteiger partial charge in [0.1, 0.15) is 5.57 Å². The first kappa shape index (κ1) is 18.3. The van der Waals surface area contributed by atoms with E-state index in [1.165, 1.54) is 18.1 Å². The Labute approximate surface area is 168 Å². The molecule has 2 aromatic rings. The summed E-state index contributed by atoms with van der Waals surface area (Å²) in [5.41, 5.74) is 1.04. The number of methoxy groups -OCH3 is 1. The fourth-order valence-corrected chi connectivity index (χ4v) is 3.37. The lowest BCUT2D eigenvalue weighted by molar-refractivity contribution is -0.122. The van der Waals surface area contributed by atoms with Gasteiger partial charge in [-0.15, -0.1) is 0 Å². The molecule has 3 rings (SSSR count). The zero-order valence-electron chi connectivity index (χ0n) is 13.5. The molecular formula is C18H13IN2O4S. The smallest absolute Gasteiger partial charge is 0.270 e. The number of anilines is 1. The summed E-state index contributed by atoms with van der Waals surface area (Å²) in [6.07, 6.45) is 1.44. The van der Waals surface area contributed by atoms with Gasteiger partial charge in [0, 0.05) is 0 Å². The highest BCUT2D eigenvalue weighted by Crippen LogP contribution is 2.33. The van der Waals surface area contributed by atoms with Crippen LogP contribution >= 0.6 is 34.8 Å². The van der Waals surface area contributed by atoms with Crippen LogP contribution in [0.1, 0.15) is 5.56 Å². The predicted octanol–water partition coefficient (Wildman–Crippen LogP) is 2.84. The summed E-state index contributed by atoms with van der Waals surface area (Å²) in [6.45, 7) is 0. The Kier molecular flexibility index (Phi) is 5.23. The normalized spacial score (nSPS) is 16.0. The van der Waals surface area contributed by atoms with E-state index < -0.39 is 11.8 Å². The molecular weight excluding hydrogens is 467 g/mol. The topological polar surface area (TPSA) is 78.9 Å². The predicted molar refractivity (Wildman–Crippen MR) is 110 cm³/mol. The van der Waals surface area contributed by atoms with Gasteiger partial charge in [-0.2, -0.15) is 0 Å². The quantitative estimate of drug-likeness (QED) is 0.306. The van der Waals surface area contributed by atoms with Crippen LogP contribution in [0.4, 0.5) is 5.69 Å². The van der Waals surface area contributed by atoms with Crippen molar-refractivity contribution in [1.29, 1.82) is 0 Å². The molecule has 1 heterocycles. The average molecular weight is 480 g/mol. The van der Waals surface area contributed by atoms with Crippen molar-refractivity contribution in [3.8, 4) is 11.5 Å². The summed E-state index contributed by atoms with van der Waals surface area (Å²) >= 11 is 7.09. The van der Waals surface area contributed by atoms with Crippen molar-refractivity contribution in [3.63, 3.8) is 0 Å². The van der Waals surface area contributed by atoms with Crippen LogP contribution in [0.15, 0.2) is 48.0 Å². The third-order valence-corrected chi connectivity index (χ3v) is 4.80. The van der Waals surface area contributed by atoms with Crippen molar-refractivity contribution >= 4 is 63.5 Å². The van der Waals surface area contributed by atoms with Gasteiger partial charge >= 0.3 is 0 Å². The van der Waals surface area contributed by atoms with Crippen LogP contribution in [0.2, 0.25) is 0 Å². The molecule has 0 spiro atoms. The molecule has 0 unspecified atom stereocenters. The highest BCUT2D eigenvalue weighted by Gasteiger charge is 2.34. The van der Waals surface area contributed by atoms with E-state index in [1.54, 1.807) is 36.4 Å². The highest BCUT2D eigenvalue weighted by atomic mass is 127. The molecule has 6 nitrogen and oxygen atoms in total. The summed E-state index contributed by atoms with van der Waals surface area (Å²) in [7, 11) is 1.43. The number of nitrogens with one attached hydrogen (secondary N) is 1. The summed E-state index contributed by atoms with van der Waals surface area (Å²) in [5, 5.41) is 12.5. The van der Waals surface area contributed by atoms with E-state index in [4.69, 9.17) is 17.0 Å². The Hall–Kier alpha value is -2.46. The Balaban J connectivity index is 2.05. The van der Waals surface area contributed by atoms with Crippen molar-refractivity contribution in [2.24, 2.45) is 0 Å². The second-order valence-corrected chi connectivity index (χ2v) is 6.90. The SMILES string of the molecule is COc1cc(C=C2C(=O)NC(=S)N(c3ccccc3)C2=O)cc(I)c1O. The Morgan fingerprint density at radius 2 is 1.92 bits per heavy atom. The molecule has 2 amide bonds. The van der Waals surface area contributed by atoms with E-state index in [9.17, 15) is 14.7 Å². The molecule has 0 atom stereocenters. The number of phenols is 1. The number of nitrogens with zero attached hydrogens (tertiary/aromatic N) is 1. The number of carbonyl (C=O) groups excluding carboxylic acids is 2. The number of halogens is 1. The maximum atomic E-state index is 12.9. The maximum absolute atomic E-state index is 12.9. The van der Waals surface area contributed by atoms with Crippen LogP contribution in [0.5, 0.6) is 11.5 Å². The zero-order chi connectivity index (χ0) is 18.8. The van der Waals surface area contributed by atoms with E-state index in [0.717, 1.165) is 0 Å². The molecule has 1 aliphatic rings. The minimum Gasteiger partial charge on any atom is -0.504 e. The zero-order valence-corrected chi connectivity index (χ0v) is 16.5. The summed E-state index contributed by atoms with van der Waals surface area (Å²) in [5.74, 6) is -0.842. The monoisotopic (exact) mass is 480 g/mol. The minimum absolute atomic E-state index is 0.00163. The van der Waals surface area contributed by atoms with Gasteiger partial charge < -0.3 is 9.84 Å². The Morgan fingerprint density at radius 1 is 1.23 bits per heavy atom. The molecule has 0 saturated carbocycles. The van der Waals surface area contributed by atoms with Crippen LogP contribution in [-0.4, -0.2) is 29.1 Å². The fraction of sp³-hybridized carbons (Fsp3) is 0.0556. The number of rotatable bonds is 3. The van der Waals surface area contributed by atoms with Crippen molar-refractivity contribution in [1.82, 2.24) is 5.32 Å². The number of benzene rings is 2. The van der Waals surface area contributed by atoms with Gasteiger partial charge in [-0.05, 0) is 70.7 Å². The van der Waals surface area contributed by atoms with Gasteiger partial charge in [0.05, 0.1) is 16.4 Å². The lowest BCUT2D eigenvalue weighted by Crippen LogP contribution is -2.54. The van der Waals surface area contributed by atoms with Gasteiger partial charge in [-0.3, -0.25) is 19.8 Å². The molecule has 8 heteroatoms. The molecule has 1 aliphatic heterocycles. The number of aromatic hydroxyl groups is 1. The molecule has 2 aromatic carbocycles. The number of hydrogen-bond acceptors (Lipinski definition) is 5. The number of ether oxygens (including phenoxy) is 1. The summed E-state index contributed by atoms with van der Waals surface area (Å²) < 4.78 is 5.65. The van der Waals surface area contributed by atoms with Gasteiger partial charge in [-0.1, -0.05) is 18.2 Å². The van der Waals surface area contributed by atoms with Crippen LogP contribution in [-0.2, 0) is 9.59 Å². The van der Waals surface area contributed by atoms with E-state index in [1.807, 2.05) is 28.7 Å². The lowest BCUT2D eigenvalue weighted by Gasteiger charge is -2.28. The first-order valence-electron chi connectivity index (χ1n) is 7.45. The molecule has 132 valence electrons. The Morgan fingerprint density at radius 3 is 2.58 bits per heavy atom. The van der Waals surface area contributed by atoms with E-state index in [-0.39, 0.29) is 22.2 Å². The highest BCUT2D eigenvalue weighted by molar-refractivity contribution is 14.1. The van der Waals surface area contributed by atoms with Crippen LogP contribution < -0.4 is 15.0 Å². The van der Waals surface area contributed by atoms with E-state index >= 15 is 0 Å². The summed E-state index contributed by atoms with van der Waals surface area (Å²) in [4.78, 5) is 26.5. The number of amides is 2. The second kappa shape index (κ2) is 7.42. The molecule has 0 aromatic heterocycles. The lowest BCUT2D eigenvalue weighted by atomic mass is 10.1. The maximum Gasteiger partial charge on any atom is 0.270 e. The largest absolute Gasteiger partial charge is 0.504 e. The van der Waals surface area contributed by atoms with Crippen molar-refractivity contribution in [2.75, 3.05) is 12.0 Å². The van der Waals surface area contributed by atoms with Gasteiger partial charge in [0.25, 0.3) is 11.8 Å². The molecule has 0 aliphatic carbocycles. The van der Waals surface area contributed by atoms with Crippen LogP contribution in [0, 0.1) is 3.57 Å². The minimum atomic E-state index is -0.575. The van der Waals surface area contributed by atoms with Crippen LogP contribution in [0.25, 0.3) is 6.08 Å². The average Bonchev–Trinajstić information content (AvgIpc) is 2.62. The van der Waals surface area contributed by atoms with Gasteiger partial charge in [0.15, 0.2) is 16.6 Å². The van der Waals surface area contributed by atoms with Crippen molar-refractivity contribution < 1.29 is 19.4 Å². The second-order valence-electron chi connectivity index (χ2n) is 5.35. The van der Waals surface area contributed by atoms with Crippen molar-refractivity contribution in [2.45, 2.75) is 0 Å². The first-order chi connectivity index (χ1) is 12.4. The molecule has 0 bridgehead atoms. The Bertz CT molecular complexity index is 944. The summed E-state index contributed by atoms with van der Waals surface area (Å²) in [6, 6.07) is 12.0. The van der Waals surface area contributed by atoms with Crippen molar-refractivity contribution in [3.05, 3.63) is 57.2 Å². The number of phenolic OH excluding ortho intramolecular Hbond substituents is 1. The fourth-order valence-electron chi connectivity index (χ4n) is 2.47.